The fourth-order valence-electron chi connectivity index (χ4n) is 11.1. The van der Waals surface area contributed by atoms with E-state index in [9.17, 15) is 0 Å². The molecule has 0 bridgehead atoms. The van der Waals surface area contributed by atoms with E-state index in [2.05, 4.69) is 312 Å². The Bertz CT molecular complexity index is 4200. The van der Waals surface area contributed by atoms with Crippen LogP contribution in [0.2, 0.25) is 0 Å². The molecule has 11 aromatic carbocycles. The first-order valence-corrected chi connectivity index (χ1v) is 26.7. The van der Waals surface area contributed by atoms with Gasteiger partial charge in [-0.15, -0.1) is 0 Å². The quantitative estimate of drug-likeness (QED) is 0.109. The fraction of sp³-hybridized carbons (Fsp3) is 0.0556. The van der Waals surface area contributed by atoms with Crippen molar-refractivity contribution >= 4 is 56.2 Å². The normalized spacial score (nSPS) is 11.3. The topological polar surface area (TPSA) is 42.1 Å². The number of aryl methyl sites for hydroxylation is 2. The molecule has 0 spiro atoms. The molecular formula is C72H56N6. The Kier molecular flexibility index (Phi) is 12.8. The summed E-state index contributed by atoms with van der Waals surface area (Å²) in [5.74, 6) is 1.73. The molecule has 0 saturated carbocycles. The number of hydrogen-bond donors (Lipinski definition) is 0. The van der Waals surface area contributed by atoms with Crippen LogP contribution in [-0.2, 0) is 12.8 Å². The minimum absolute atomic E-state index is 0.763. The standard InChI is InChI=1S/C72H56N6/c1-51-23-15-19-35-65(51)75(59-29-9-4-10-30-59)67-37-21-18-28-58(67)48-54-39-41-55(42-40-54)71-73-63-49-70-64(50-69(63)77(71)60-31-11-5-12-32-60)74-72(78(70)61-33-13-6-14-34-61)56-43-45-62(46-44-56)76(66-36-20-16-24-52(66)2)68-38-22-17-27-57(68)47-53-25-7-3-8-26-53/h3-46,49-50H,47-48H2,1-2H3. The van der Waals surface area contributed by atoms with Crippen LogP contribution in [0.4, 0.5) is 34.1 Å². The van der Waals surface area contributed by atoms with Crippen molar-refractivity contribution in [1.29, 1.82) is 0 Å². The molecule has 0 radical (unpaired) electrons. The van der Waals surface area contributed by atoms with Crippen molar-refractivity contribution < 1.29 is 0 Å². The zero-order chi connectivity index (χ0) is 52.4. The van der Waals surface area contributed by atoms with Crippen molar-refractivity contribution in [3.8, 4) is 34.2 Å². The van der Waals surface area contributed by atoms with E-state index in [-0.39, 0.29) is 0 Å². The highest BCUT2D eigenvalue weighted by atomic mass is 15.2. The van der Waals surface area contributed by atoms with E-state index in [1.165, 1.54) is 39.1 Å². The van der Waals surface area contributed by atoms with Crippen LogP contribution in [0.5, 0.6) is 0 Å². The maximum Gasteiger partial charge on any atom is 0.145 e. The Hall–Kier alpha value is -10.0. The van der Waals surface area contributed by atoms with Gasteiger partial charge in [-0.05, 0) is 157 Å². The summed E-state index contributed by atoms with van der Waals surface area (Å²) >= 11 is 0. The van der Waals surface area contributed by atoms with Crippen LogP contribution < -0.4 is 9.80 Å². The number of hydrogen-bond acceptors (Lipinski definition) is 4. The maximum atomic E-state index is 5.51. The van der Waals surface area contributed by atoms with Gasteiger partial charge in [0, 0.05) is 56.6 Å². The number of rotatable bonds is 14. The van der Waals surface area contributed by atoms with Crippen molar-refractivity contribution in [2.75, 3.05) is 9.80 Å². The first-order chi connectivity index (χ1) is 38.5. The largest absolute Gasteiger partial charge is 0.310 e. The Morgan fingerprint density at radius 2 is 0.667 bits per heavy atom. The van der Waals surface area contributed by atoms with Gasteiger partial charge in [-0.3, -0.25) is 9.13 Å². The average molecular weight is 1010 g/mol. The van der Waals surface area contributed by atoms with E-state index < -0.39 is 0 Å². The summed E-state index contributed by atoms with van der Waals surface area (Å²) in [6.45, 7) is 4.37. The van der Waals surface area contributed by atoms with Crippen molar-refractivity contribution in [1.82, 2.24) is 19.1 Å². The number of imidazole rings is 2. The Morgan fingerprint density at radius 3 is 1.12 bits per heavy atom. The molecule has 0 N–H and O–H groups in total. The highest BCUT2D eigenvalue weighted by molar-refractivity contribution is 5.97. The van der Waals surface area contributed by atoms with Gasteiger partial charge in [-0.1, -0.05) is 182 Å². The third-order valence-corrected chi connectivity index (χ3v) is 14.9. The van der Waals surface area contributed by atoms with Gasteiger partial charge in [0.1, 0.15) is 11.6 Å². The number of aromatic nitrogens is 4. The summed E-state index contributed by atoms with van der Waals surface area (Å²) in [4.78, 5) is 15.8. The molecule has 2 aromatic heterocycles. The van der Waals surface area contributed by atoms with E-state index in [0.717, 1.165) is 97.5 Å². The van der Waals surface area contributed by atoms with E-state index in [4.69, 9.17) is 9.97 Å². The molecule has 13 aromatic rings. The molecule has 0 unspecified atom stereocenters. The Balaban J connectivity index is 0.884. The molecule has 0 fully saturated rings. The molecule has 78 heavy (non-hydrogen) atoms. The lowest BCUT2D eigenvalue weighted by molar-refractivity contribution is 1.10. The molecule has 6 heteroatoms. The van der Waals surface area contributed by atoms with Crippen LogP contribution in [-0.4, -0.2) is 19.1 Å². The zero-order valence-corrected chi connectivity index (χ0v) is 43.7. The molecule has 13 rings (SSSR count). The van der Waals surface area contributed by atoms with Crippen molar-refractivity contribution in [3.63, 3.8) is 0 Å². The molecule has 0 aliphatic rings. The van der Waals surface area contributed by atoms with Crippen LogP contribution in [0.1, 0.15) is 33.4 Å². The number of fused-ring (bicyclic) bond motifs is 2. The van der Waals surface area contributed by atoms with Crippen LogP contribution >= 0.6 is 0 Å². The van der Waals surface area contributed by atoms with E-state index in [1.54, 1.807) is 0 Å². The SMILES string of the molecule is Cc1ccccc1N(c1ccccc1)c1ccccc1Cc1ccc(-c2nc3cc4c(cc3n2-c2ccccc2)nc(-c2ccc(N(c3ccccc3C)c3ccccc3Cc3ccccc3)cc2)n4-c2ccccc2)cc1. The van der Waals surface area contributed by atoms with Crippen LogP contribution in [0, 0.1) is 13.8 Å². The van der Waals surface area contributed by atoms with Crippen LogP contribution in [0.25, 0.3) is 56.2 Å². The third-order valence-electron chi connectivity index (χ3n) is 14.9. The molecule has 6 nitrogen and oxygen atoms in total. The van der Waals surface area contributed by atoms with Gasteiger partial charge in [0.05, 0.1) is 22.1 Å². The summed E-state index contributed by atoms with van der Waals surface area (Å²) in [7, 11) is 0. The number of anilines is 6. The van der Waals surface area contributed by atoms with Gasteiger partial charge >= 0.3 is 0 Å². The second-order valence-electron chi connectivity index (χ2n) is 20.0. The first kappa shape index (κ1) is 47.7. The molecule has 2 heterocycles. The zero-order valence-electron chi connectivity index (χ0n) is 43.7. The Morgan fingerprint density at radius 1 is 0.321 bits per heavy atom. The predicted molar refractivity (Wildman–Crippen MR) is 324 cm³/mol. The number of nitrogens with zero attached hydrogens (tertiary/aromatic N) is 6. The molecule has 374 valence electrons. The fourth-order valence-corrected chi connectivity index (χ4v) is 11.1. The summed E-state index contributed by atoms with van der Waals surface area (Å²) < 4.78 is 4.56. The smallest absolute Gasteiger partial charge is 0.145 e. The highest BCUT2D eigenvalue weighted by Crippen LogP contribution is 2.42. The van der Waals surface area contributed by atoms with Crippen molar-refractivity contribution in [2.24, 2.45) is 0 Å². The number of para-hydroxylation sites is 7. The van der Waals surface area contributed by atoms with Crippen LogP contribution in [0.3, 0.4) is 0 Å². The van der Waals surface area contributed by atoms with Gasteiger partial charge < -0.3 is 9.80 Å². The van der Waals surface area contributed by atoms with Crippen molar-refractivity contribution in [2.45, 2.75) is 26.7 Å². The van der Waals surface area contributed by atoms with E-state index in [0.29, 0.717) is 0 Å². The van der Waals surface area contributed by atoms with Gasteiger partial charge in [0.2, 0.25) is 0 Å². The number of benzene rings is 11. The monoisotopic (exact) mass is 1000 g/mol. The average Bonchev–Trinajstić information content (AvgIpc) is 4.09. The molecule has 0 aliphatic heterocycles. The predicted octanol–water partition coefficient (Wildman–Crippen LogP) is 18.4. The summed E-state index contributed by atoms with van der Waals surface area (Å²) in [5.41, 5.74) is 22.1. The van der Waals surface area contributed by atoms with E-state index in [1.807, 2.05) is 0 Å². The van der Waals surface area contributed by atoms with Crippen LogP contribution in [0.15, 0.2) is 279 Å². The molecule has 0 amide bonds. The lowest BCUT2D eigenvalue weighted by Gasteiger charge is -2.29. The third kappa shape index (κ3) is 9.20. The molecular weight excluding hydrogens is 949 g/mol. The minimum Gasteiger partial charge on any atom is -0.310 e. The molecule has 0 saturated heterocycles. The second-order valence-corrected chi connectivity index (χ2v) is 20.0. The summed E-state index contributed by atoms with van der Waals surface area (Å²) in [5, 5.41) is 0. The summed E-state index contributed by atoms with van der Waals surface area (Å²) in [6.07, 6.45) is 1.59. The second kappa shape index (κ2) is 20.9. The van der Waals surface area contributed by atoms with Gasteiger partial charge in [0.25, 0.3) is 0 Å². The first-order valence-electron chi connectivity index (χ1n) is 26.7. The summed E-state index contributed by atoms with van der Waals surface area (Å²) in [6, 6.07) is 99.6. The maximum absolute atomic E-state index is 5.51. The van der Waals surface area contributed by atoms with E-state index >= 15 is 0 Å². The Labute approximate surface area is 456 Å². The molecule has 0 atom stereocenters. The van der Waals surface area contributed by atoms with Crippen molar-refractivity contribution in [3.05, 3.63) is 312 Å². The van der Waals surface area contributed by atoms with Gasteiger partial charge in [0.15, 0.2) is 0 Å². The van der Waals surface area contributed by atoms with Gasteiger partial charge in [-0.2, -0.15) is 0 Å². The molecule has 0 aliphatic carbocycles. The minimum atomic E-state index is 0.763. The highest BCUT2D eigenvalue weighted by Gasteiger charge is 2.23. The lowest BCUT2D eigenvalue weighted by atomic mass is 10.00. The lowest BCUT2D eigenvalue weighted by Crippen LogP contribution is -2.13. The van der Waals surface area contributed by atoms with Gasteiger partial charge in [-0.25, -0.2) is 9.97 Å².